The number of fused-ring (bicyclic) bond motifs is 1. The number of nitrogens with one attached hydrogen (secondary N) is 2. The first-order chi connectivity index (χ1) is 16.7. The Bertz CT molecular complexity index is 1370. The molecule has 0 saturated carbocycles. The lowest BCUT2D eigenvalue weighted by molar-refractivity contribution is 0.0935. The average molecular weight is 511 g/mol. The van der Waals surface area contributed by atoms with Crippen molar-refractivity contribution in [2.75, 3.05) is 4.72 Å². The van der Waals surface area contributed by atoms with Gasteiger partial charge < -0.3 is 5.32 Å². The van der Waals surface area contributed by atoms with Gasteiger partial charge in [-0.2, -0.15) is 0 Å². The second kappa shape index (κ2) is 10.4. The van der Waals surface area contributed by atoms with Crippen molar-refractivity contribution in [3.05, 3.63) is 93.0 Å². The molecular formula is C28H31ClN2O3S. The lowest BCUT2D eigenvalue weighted by Gasteiger charge is -2.22. The summed E-state index contributed by atoms with van der Waals surface area (Å²) in [6.45, 7) is 5.74. The number of aryl methyl sites for hydroxylation is 4. The van der Waals surface area contributed by atoms with Crippen LogP contribution in [0, 0.1) is 13.8 Å². The van der Waals surface area contributed by atoms with Crippen LogP contribution in [0.1, 0.15) is 70.4 Å². The van der Waals surface area contributed by atoms with Crippen LogP contribution < -0.4 is 10.0 Å². The molecule has 5 nitrogen and oxygen atoms in total. The van der Waals surface area contributed by atoms with Gasteiger partial charge in [0.2, 0.25) is 0 Å². The minimum Gasteiger partial charge on any atom is -0.345 e. The number of amides is 1. The molecule has 0 fully saturated rings. The summed E-state index contributed by atoms with van der Waals surface area (Å²) in [5, 5.41) is 3.13. The standard InChI is InChI=1S/C28H31ClN2O3S/c1-4-25(22-12-11-20-7-5-6-8-21(20)16-22)30-28(32)23-13-14-24(29)27(17-23)35(33,34)31-26-15-18(2)9-10-19(26)3/h9-17,25,31H,4-8H2,1-3H3,(H,30,32). The molecule has 0 aliphatic heterocycles. The highest BCUT2D eigenvalue weighted by atomic mass is 35.5. The number of rotatable bonds is 7. The van der Waals surface area contributed by atoms with E-state index in [0.29, 0.717) is 5.69 Å². The third-order valence-corrected chi connectivity index (χ3v) is 8.46. The minimum absolute atomic E-state index is 0.0566. The number of halogens is 1. The van der Waals surface area contributed by atoms with Crippen LogP contribution in [0.3, 0.4) is 0 Å². The molecule has 1 amide bonds. The first-order valence-corrected chi connectivity index (χ1v) is 13.9. The smallest absolute Gasteiger partial charge is 0.263 e. The van der Waals surface area contributed by atoms with Gasteiger partial charge in [-0.15, -0.1) is 0 Å². The fraction of sp³-hybridized carbons (Fsp3) is 0.321. The van der Waals surface area contributed by atoms with Gasteiger partial charge in [-0.1, -0.05) is 48.9 Å². The summed E-state index contributed by atoms with van der Waals surface area (Å²) < 4.78 is 29.0. The summed E-state index contributed by atoms with van der Waals surface area (Å²) in [4.78, 5) is 13.0. The van der Waals surface area contributed by atoms with Crippen molar-refractivity contribution >= 4 is 33.2 Å². The number of carbonyl (C=O) groups is 1. The van der Waals surface area contributed by atoms with E-state index in [1.54, 1.807) is 12.1 Å². The first-order valence-electron chi connectivity index (χ1n) is 12.0. The van der Waals surface area contributed by atoms with Gasteiger partial charge in [0.05, 0.1) is 16.8 Å². The number of hydrogen-bond acceptors (Lipinski definition) is 3. The molecule has 0 bridgehead atoms. The number of carbonyl (C=O) groups excluding carboxylic acids is 1. The lowest BCUT2D eigenvalue weighted by atomic mass is 9.88. The van der Waals surface area contributed by atoms with E-state index < -0.39 is 10.0 Å². The maximum atomic E-state index is 13.2. The number of hydrogen-bond donors (Lipinski definition) is 2. The summed E-state index contributed by atoms with van der Waals surface area (Å²) in [6, 6.07) is 16.2. The number of benzene rings is 3. The van der Waals surface area contributed by atoms with Gasteiger partial charge in [-0.3, -0.25) is 9.52 Å². The SMILES string of the molecule is CCC(NC(=O)c1ccc(Cl)c(S(=O)(=O)Nc2cc(C)ccc2C)c1)c1ccc2c(c1)CCCC2. The monoisotopic (exact) mass is 510 g/mol. The Kier molecular flexibility index (Phi) is 7.53. The Labute approximate surface area is 213 Å². The summed E-state index contributed by atoms with van der Waals surface area (Å²) in [5.74, 6) is -0.338. The van der Waals surface area contributed by atoms with E-state index in [-0.39, 0.29) is 27.4 Å². The van der Waals surface area contributed by atoms with E-state index in [4.69, 9.17) is 11.6 Å². The Hall–Kier alpha value is -2.83. The van der Waals surface area contributed by atoms with Crippen molar-refractivity contribution < 1.29 is 13.2 Å². The van der Waals surface area contributed by atoms with Crippen molar-refractivity contribution in [1.29, 1.82) is 0 Å². The molecule has 0 heterocycles. The average Bonchev–Trinajstić information content (AvgIpc) is 2.84. The summed E-state index contributed by atoms with van der Waals surface area (Å²) in [7, 11) is -4.00. The molecule has 1 unspecified atom stereocenters. The Balaban J connectivity index is 1.57. The lowest BCUT2D eigenvalue weighted by Crippen LogP contribution is -2.28. The molecule has 3 aromatic carbocycles. The molecule has 35 heavy (non-hydrogen) atoms. The zero-order valence-electron chi connectivity index (χ0n) is 20.3. The maximum Gasteiger partial charge on any atom is 0.263 e. The van der Waals surface area contributed by atoms with Crippen molar-refractivity contribution in [2.45, 2.75) is 63.8 Å². The van der Waals surface area contributed by atoms with Crippen molar-refractivity contribution in [2.24, 2.45) is 0 Å². The molecule has 1 aliphatic carbocycles. The summed E-state index contributed by atoms with van der Waals surface area (Å²) >= 11 is 6.27. The van der Waals surface area contributed by atoms with Crippen LogP contribution in [0.15, 0.2) is 59.5 Å². The summed E-state index contributed by atoms with van der Waals surface area (Å²) in [6.07, 6.45) is 5.31. The molecule has 7 heteroatoms. The quantitative estimate of drug-likeness (QED) is 0.380. The molecule has 184 valence electrons. The van der Waals surface area contributed by atoms with Crippen LogP contribution in [0.5, 0.6) is 0 Å². The van der Waals surface area contributed by atoms with Crippen molar-refractivity contribution in [3.63, 3.8) is 0 Å². The highest BCUT2D eigenvalue weighted by Gasteiger charge is 2.23. The molecule has 0 spiro atoms. The largest absolute Gasteiger partial charge is 0.345 e. The zero-order chi connectivity index (χ0) is 25.2. The molecule has 0 aromatic heterocycles. The Morgan fingerprint density at radius 3 is 2.46 bits per heavy atom. The molecule has 1 atom stereocenters. The van der Waals surface area contributed by atoms with Gasteiger partial charge in [0.1, 0.15) is 4.90 Å². The van der Waals surface area contributed by atoms with Crippen molar-refractivity contribution in [1.82, 2.24) is 5.32 Å². The predicted octanol–water partition coefficient (Wildman–Crippen LogP) is 6.52. The van der Waals surface area contributed by atoms with Crippen LogP contribution in [-0.4, -0.2) is 14.3 Å². The number of anilines is 1. The molecule has 0 radical (unpaired) electrons. The molecule has 2 N–H and O–H groups in total. The van der Waals surface area contributed by atoms with Gasteiger partial charge >= 0.3 is 0 Å². The van der Waals surface area contributed by atoms with Gasteiger partial charge in [0, 0.05) is 5.56 Å². The zero-order valence-corrected chi connectivity index (χ0v) is 21.9. The van der Waals surface area contributed by atoms with E-state index in [9.17, 15) is 13.2 Å². The Morgan fingerprint density at radius 1 is 0.971 bits per heavy atom. The van der Waals surface area contributed by atoms with Crippen LogP contribution in [0.25, 0.3) is 0 Å². The van der Waals surface area contributed by atoms with Crippen LogP contribution in [0.4, 0.5) is 5.69 Å². The van der Waals surface area contributed by atoms with Gasteiger partial charge in [-0.25, -0.2) is 8.42 Å². The van der Waals surface area contributed by atoms with Crippen LogP contribution >= 0.6 is 11.6 Å². The van der Waals surface area contributed by atoms with E-state index in [1.807, 2.05) is 32.9 Å². The third-order valence-electron chi connectivity index (χ3n) is 6.61. The predicted molar refractivity (Wildman–Crippen MR) is 142 cm³/mol. The molecule has 1 aliphatic rings. The fourth-order valence-corrected chi connectivity index (χ4v) is 6.18. The minimum atomic E-state index is -4.00. The van der Waals surface area contributed by atoms with E-state index in [0.717, 1.165) is 36.0 Å². The van der Waals surface area contributed by atoms with E-state index in [2.05, 4.69) is 28.2 Å². The molecule has 4 rings (SSSR count). The van der Waals surface area contributed by atoms with E-state index in [1.165, 1.54) is 36.1 Å². The molecular weight excluding hydrogens is 480 g/mol. The van der Waals surface area contributed by atoms with E-state index >= 15 is 0 Å². The second-order valence-electron chi connectivity index (χ2n) is 9.24. The molecule has 0 saturated heterocycles. The van der Waals surface area contributed by atoms with Crippen LogP contribution in [-0.2, 0) is 22.9 Å². The topological polar surface area (TPSA) is 75.3 Å². The molecule has 3 aromatic rings. The summed E-state index contributed by atoms with van der Waals surface area (Å²) in [5.41, 5.74) is 6.27. The highest BCUT2D eigenvalue weighted by molar-refractivity contribution is 7.92. The number of sulfonamides is 1. The van der Waals surface area contributed by atoms with Gasteiger partial charge in [0.15, 0.2) is 0 Å². The maximum absolute atomic E-state index is 13.2. The second-order valence-corrected chi connectivity index (χ2v) is 11.3. The van der Waals surface area contributed by atoms with Gasteiger partial charge in [-0.05, 0) is 98.0 Å². The van der Waals surface area contributed by atoms with Gasteiger partial charge in [0.25, 0.3) is 15.9 Å². The normalized spacial score (nSPS) is 14.2. The fourth-order valence-electron chi connectivity index (χ4n) is 4.53. The first kappa shape index (κ1) is 25.3. The van der Waals surface area contributed by atoms with Crippen molar-refractivity contribution in [3.8, 4) is 0 Å². The highest BCUT2D eigenvalue weighted by Crippen LogP contribution is 2.29. The third kappa shape index (κ3) is 5.71. The van der Waals surface area contributed by atoms with Crippen LogP contribution in [0.2, 0.25) is 5.02 Å². The Morgan fingerprint density at radius 2 is 1.71 bits per heavy atom.